The minimum Gasteiger partial charge on any atom is -0.362 e. The fourth-order valence-electron chi connectivity index (χ4n) is 0.752. The summed E-state index contributed by atoms with van der Waals surface area (Å²) in [5.74, 6) is 2.10. The van der Waals surface area contributed by atoms with Crippen molar-refractivity contribution in [3.63, 3.8) is 0 Å². The first-order valence-corrected chi connectivity index (χ1v) is 5.48. The summed E-state index contributed by atoms with van der Waals surface area (Å²) >= 11 is 0. The smallest absolute Gasteiger partial charge is 0.311 e. The number of hydrogen-bond acceptors (Lipinski definition) is 4. The Morgan fingerprint density at radius 3 is 2.86 bits per heavy atom. The molecule has 0 aliphatic rings. The van der Waals surface area contributed by atoms with Crippen molar-refractivity contribution >= 4 is 10.1 Å². The molecule has 14 heavy (non-hydrogen) atoms. The first-order chi connectivity index (χ1) is 6.64. The molecular formula is C9H9NO3S. The van der Waals surface area contributed by atoms with Crippen LogP contribution in [0.1, 0.15) is 6.42 Å². The molecule has 5 heteroatoms. The highest BCUT2D eigenvalue weighted by molar-refractivity contribution is 7.87. The highest BCUT2D eigenvalue weighted by Crippen LogP contribution is 2.07. The normalized spacial score (nSPS) is 10.5. The molecule has 0 atom stereocenters. The molecule has 0 bridgehead atoms. The molecule has 74 valence electrons. The van der Waals surface area contributed by atoms with Gasteiger partial charge in [-0.2, -0.15) is 8.42 Å². The molecular weight excluding hydrogens is 202 g/mol. The lowest BCUT2D eigenvalue weighted by molar-refractivity contribution is 0.476. The van der Waals surface area contributed by atoms with Gasteiger partial charge in [-0.1, -0.05) is 6.07 Å². The molecule has 0 unspecified atom stereocenters. The third-order valence-corrected chi connectivity index (χ3v) is 2.48. The van der Waals surface area contributed by atoms with Crippen molar-refractivity contribution in [2.24, 2.45) is 0 Å². The predicted molar refractivity (Wildman–Crippen MR) is 52.1 cm³/mol. The molecule has 1 rings (SSSR count). The number of aromatic nitrogens is 1. The van der Waals surface area contributed by atoms with E-state index in [1.165, 1.54) is 12.3 Å². The van der Waals surface area contributed by atoms with E-state index in [1.54, 1.807) is 12.1 Å². The predicted octanol–water partition coefficient (Wildman–Crippen LogP) is 0.814. The van der Waals surface area contributed by atoms with Gasteiger partial charge in [0, 0.05) is 18.7 Å². The second-order valence-electron chi connectivity index (χ2n) is 2.47. The molecule has 0 aliphatic heterocycles. The second-order valence-corrected chi connectivity index (χ2v) is 4.16. The maximum absolute atomic E-state index is 11.2. The third kappa shape index (κ3) is 3.46. The van der Waals surface area contributed by atoms with Gasteiger partial charge in [-0.3, -0.25) is 0 Å². The first kappa shape index (κ1) is 10.5. The Morgan fingerprint density at radius 1 is 1.50 bits per heavy atom. The Kier molecular flexibility index (Phi) is 3.48. The highest BCUT2D eigenvalue weighted by Gasteiger charge is 2.11. The molecule has 0 N–H and O–H groups in total. The minimum absolute atomic E-state index is 0.0597. The molecule has 0 aromatic carbocycles. The fourth-order valence-corrected chi connectivity index (χ4v) is 1.56. The quantitative estimate of drug-likeness (QED) is 0.546. The maximum Gasteiger partial charge on any atom is 0.311 e. The van der Waals surface area contributed by atoms with Crippen LogP contribution in [0, 0.1) is 12.3 Å². The summed E-state index contributed by atoms with van der Waals surface area (Å²) in [4.78, 5) is 3.72. The fraction of sp³-hybridized carbons (Fsp3) is 0.222. The van der Waals surface area contributed by atoms with Gasteiger partial charge in [-0.15, -0.1) is 12.3 Å². The van der Waals surface area contributed by atoms with E-state index in [-0.39, 0.29) is 18.1 Å². The summed E-state index contributed by atoms with van der Waals surface area (Å²) in [7, 11) is -3.60. The average molecular weight is 211 g/mol. The summed E-state index contributed by atoms with van der Waals surface area (Å²) in [5, 5.41) is 0. The minimum atomic E-state index is -3.60. The maximum atomic E-state index is 11.2. The van der Waals surface area contributed by atoms with E-state index in [9.17, 15) is 8.42 Å². The van der Waals surface area contributed by atoms with Gasteiger partial charge in [0.25, 0.3) is 0 Å². The van der Waals surface area contributed by atoms with Gasteiger partial charge in [0.2, 0.25) is 5.88 Å². The molecule has 0 amide bonds. The van der Waals surface area contributed by atoms with Crippen molar-refractivity contribution in [1.82, 2.24) is 4.98 Å². The van der Waals surface area contributed by atoms with Crippen molar-refractivity contribution in [2.45, 2.75) is 6.42 Å². The van der Waals surface area contributed by atoms with Gasteiger partial charge in [0.1, 0.15) is 0 Å². The van der Waals surface area contributed by atoms with E-state index in [0.29, 0.717) is 0 Å². The van der Waals surface area contributed by atoms with Crippen molar-refractivity contribution in [3.8, 4) is 18.2 Å². The van der Waals surface area contributed by atoms with Crippen LogP contribution in [0.4, 0.5) is 0 Å². The number of rotatable bonds is 4. The van der Waals surface area contributed by atoms with Gasteiger partial charge in [0.15, 0.2) is 0 Å². The molecule has 0 fully saturated rings. The van der Waals surface area contributed by atoms with Gasteiger partial charge in [0.05, 0.1) is 5.75 Å². The Morgan fingerprint density at radius 2 is 2.29 bits per heavy atom. The van der Waals surface area contributed by atoms with Crippen molar-refractivity contribution < 1.29 is 12.6 Å². The zero-order valence-electron chi connectivity index (χ0n) is 7.38. The number of terminal acetylenes is 1. The van der Waals surface area contributed by atoms with Crippen LogP contribution in [0.15, 0.2) is 24.4 Å². The highest BCUT2D eigenvalue weighted by atomic mass is 32.2. The van der Waals surface area contributed by atoms with Crippen LogP contribution in [0.3, 0.4) is 0 Å². The Labute approximate surface area is 83.1 Å². The molecule has 4 nitrogen and oxygen atoms in total. The van der Waals surface area contributed by atoms with Crippen LogP contribution in [0.5, 0.6) is 5.88 Å². The Bertz CT molecular complexity index is 419. The van der Waals surface area contributed by atoms with E-state index < -0.39 is 10.1 Å². The van der Waals surface area contributed by atoms with Gasteiger partial charge < -0.3 is 4.18 Å². The van der Waals surface area contributed by atoms with Gasteiger partial charge in [-0.05, 0) is 6.07 Å². The molecule has 1 heterocycles. The lowest BCUT2D eigenvalue weighted by Gasteiger charge is -2.03. The monoisotopic (exact) mass is 211 g/mol. The average Bonchev–Trinajstić information content (AvgIpc) is 2.16. The standard InChI is InChI=1S/C9H9NO3S/c1-2-3-8-14(11,12)13-9-6-4-5-7-10-9/h1,4-7H,3,8H2. The SMILES string of the molecule is C#CCCS(=O)(=O)Oc1ccccn1. The summed E-state index contributed by atoms with van der Waals surface area (Å²) in [6.45, 7) is 0. The topological polar surface area (TPSA) is 56.3 Å². The zero-order valence-corrected chi connectivity index (χ0v) is 8.20. The van der Waals surface area contributed by atoms with Crippen LogP contribution >= 0.6 is 0 Å². The van der Waals surface area contributed by atoms with Gasteiger partial charge >= 0.3 is 10.1 Å². The van der Waals surface area contributed by atoms with Crippen LogP contribution in [0.25, 0.3) is 0 Å². The largest absolute Gasteiger partial charge is 0.362 e. The number of nitrogens with zero attached hydrogens (tertiary/aromatic N) is 1. The molecule has 0 saturated heterocycles. The van der Waals surface area contributed by atoms with E-state index in [2.05, 4.69) is 15.1 Å². The van der Waals surface area contributed by atoms with Crippen molar-refractivity contribution in [3.05, 3.63) is 24.4 Å². The molecule has 0 radical (unpaired) electrons. The number of pyridine rings is 1. The molecule has 0 aliphatic carbocycles. The Balaban J connectivity index is 2.66. The van der Waals surface area contributed by atoms with Gasteiger partial charge in [-0.25, -0.2) is 4.98 Å². The lowest BCUT2D eigenvalue weighted by atomic mass is 10.5. The van der Waals surface area contributed by atoms with E-state index in [0.717, 1.165) is 0 Å². The second kappa shape index (κ2) is 4.63. The summed E-state index contributed by atoms with van der Waals surface area (Å²) < 4.78 is 27.1. The van der Waals surface area contributed by atoms with E-state index >= 15 is 0 Å². The van der Waals surface area contributed by atoms with Crippen LogP contribution in [-0.2, 0) is 10.1 Å². The van der Waals surface area contributed by atoms with Crippen molar-refractivity contribution in [2.75, 3.05) is 5.75 Å². The van der Waals surface area contributed by atoms with Crippen LogP contribution in [0.2, 0.25) is 0 Å². The zero-order chi connectivity index (χ0) is 10.4. The molecule has 1 aromatic rings. The summed E-state index contributed by atoms with van der Waals surface area (Å²) in [6.07, 6.45) is 6.53. The first-order valence-electron chi connectivity index (χ1n) is 3.91. The van der Waals surface area contributed by atoms with Crippen LogP contribution in [-0.4, -0.2) is 19.2 Å². The molecule has 0 saturated carbocycles. The molecule has 1 aromatic heterocycles. The third-order valence-electron chi connectivity index (χ3n) is 1.35. The van der Waals surface area contributed by atoms with Crippen molar-refractivity contribution in [1.29, 1.82) is 0 Å². The lowest BCUT2D eigenvalue weighted by Crippen LogP contribution is -2.13. The number of hydrogen-bond donors (Lipinski definition) is 0. The summed E-state index contributed by atoms with van der Waals surface area (Å²) in [5.41, 5.74) is 0. The Hall–Kier alpha value is -1.54. The van der Waals surface area contributed by atoms with E-state index in [1.807, 2.05) is 0 Å². The summed E-state index contributed by atoms with van der Waals surface area (Å²) in [6, 6.07) is 4.77. The van der Waals surface area contributed by atoms with Crippen LogP contribution < -0.4 is 4.18 Å². The molecule has 0 spiro atoms. The van der Waals surface area contributed by atoms with E-state index in [4.69, 9.17) is 6.42 Å².